The first-order chi connectivity index (χ1) is 8.88. The minimum Gasteiger partial charge on any atom is -0.438 e. The van der Waals surface area contributed by atoms with Crippen LogP contribution in [0.1, 0.15) is 5.56 Å². The van der Waals surface area contributed by atoms with Gasteiger partial charge in [0.1, 0.15) is 17.9 Å². The van der Waals surface area contributed by atoms with Crippen molar-refractivity contribution in [1.29, 1.82) is 0 Å². The number of benzene rings is 1. The molecule has 3 nitrogen and oxygen atoms in total. The van der Waals surface area contributed by atoms with E-state index >= 15 is 0 Å². The van der Waals surface area contributed by atoms with Crippen LogP contribution in [0, 0.1) is 9.39 Å². The number of alkyl halides is 3. The van der Waals surface area contributed by atoms with E-state index in [1.165, 1.54) is 12.5 Å². The highest BCUT2D eigenvalue weighted by Gasteiger charge is 2.34. The van der Waals surface area contributed by atoms with Gasteiger partial charge in [0, 0.05) is 6.20 Å². The summed E-state index contributed by atoms with van der Waals surface area (Å²) >= 11 is 1.87. The summed E-state index contributed by atoms with van der Waals surface area (Å²) in [7, 11) is 0. The number of ether oxygens (including phenoxy) is 1. The molecule has 19 heavy (non-hydrogen) atoms. The third kappa shape index (κ3) is 3.31. The molecule has 2 rings (SSSR count). The van der Waals surface area contributed by atoms with Gasteiger partial charge in [0.2, 0.25) is 5.88 Å². The molecule has 2 aromatic rings. The quantitative estimate of drug-likeness (QED) is 0.580. The molecular formula is C11H5F4IN2O. The normalized spacial score (nSPS) is 11.4. The van der Waals surface area contributed by atoms with Crippen LogP contribution >= 0.6 is 22.6 Å². The molecular weight excluding hydrogens is 379 g/mol. The maximum Gasteiger partial charge on any atom is 0.419 e. The first kappa shape index (κ1) is 14.0. The minimum absolute atomic E-state index is 0.107. The molecule has 0 saturated carbocycles. The Kier molecular flexibility index (Phi) is 3.88. The third-order valence-electron chi connectivity index (χ3n) is 2.09. The van der Waals surface area contributed by atoms with Crippen molar-refractivity contribution in [2.24, 2.45) is 0 Å². The van der Waals surface area contributed by atoms with Crippen LogP contribution in [-0.2, 0) is 6.18 Å². The van der Waals surface area contributed by atoms with Crippen molar-refractivity contribution in [3.8, 4) is 11.6 Å². The van der Waals surface area contributed by atoms with Crippen LogP contribution in [0.5, 0.6) is 11.6 Å². The lowest BCUT2D eigenvalue weighted by Crippen LogP contribution is -2.08. The van der Waals surface area contributed by atoms with Gasteiger partial charge in [-0.1, -0.05) is 0 Å². The second kappa shape index (κ2) is 5.27. The van der Waals surface area contributed by atoms with Crippen molar-refractivity contribution < 1.29 is 22.3 Å². The topological polar surface area (TPSA) is 35.0 Å². The first-order valence-corrected chi connectivity index (χ1v) is 5.96. The van der Waals surface area contributed by atoms with Crippen LogP contribution in [0.15, 0.2) is 30.7 Å². The highest BCUT2D eigenvalue weighted by molar-refractivity contribution is 14.1. The van der Waals surface area contributed by atoms with Crippen molar-refractivity contribution in [3.63, 3.8) is 0 Å². The molecule has 0 spiro atoms. The van der Waals surface area contributed by atoms with E-state index in [2.05, 4.69) is 9.97 Å². The lowest BCUT2D eigenvalue weighted by Gasteiger charge is -2.11. The van der Waals surface area contributed by atoms with Gasteiger partial charge in [-0.15, -0.1) is 0 Å². The molecule has 8 heteroatoms. The maximum absolute atomic E-state index is 13.1. The second-order valence-electron chi connectivity index (χ2n) is 3.42. The summed E-state index contributed by atoms with van der Waals surface area (Å²) in [6.07, 6.45) is -2.13. The SMILES string of the molecule is Fc1ccc(Oc2ncncc2I)cc1C(F)(F)F. The molecule has 0 aliphatic carbocycles. The summed E-state index contributed by atoms with van der Waals surface area (Å²) in [6.45, 7) is 0. The Morgan fingerprint density at radius 1 is 1.21 bits per heavy atom. The van der Waals surface area contributed by atoms with E-state index in [1.54, 1.807) is 0 Å². The van der Waals surface area contributed by atoms with Gasteiger partial charge in [0.05, 0.1) is 9.13 Å². The molecule has 0 aliphatic rings. The van der Waals surface area contributed by atoms with Crippen LogP contribution in [0.25, 0.3) is 0 Å². The summed E-state index contributed by atoms with van der Waals surface area (Å²) in [5, 5.41) is 0. The summed E-state index contributed by atoms with van der Waals surface area (Å²) in [6, 6.07) is 2.39. The zero-order chi connectivity index (χ0) is 14.0. The summed E-state index contributed by atoms with van der Waals surface area (Å²) in [4.78, 5) is 7.49. The molecule has 1 aromatic carbocycles. The highest BCUT2D eigenvalue weighted by atomic mass is 127. The van der Waals surface area contributed by atoms with E-state index in [0.29, 0.717) is 15.7 Å². The fourth-order valence-corrected chi connectivity index (χ4v) is 1.68. The van der Waals surface area contributed by atoms with Gasteiger partial charge in [-0.3, -0.25) is 0 Å². The molecule has 100 valence electrons. The van der Waals surface area contributed by atoms with E-state index in [4.69, 9.17) is 4.74 Å². The number of aromatic nitrogens is 2. The van der Waals surface area contributed by atoms with Crippen molar-refractivity contribution >= 4 is 22.6 Å². The molecule has 0 aliphatic heterocycles. The van der Waals surface area contributed by atoms with Crippen molar-refractivity contribution in [2.75, 3.05) is 0 Å². The molecule has 1 heterocycles. The van der Waals surface area contributed by atoms with E-state index in [-0.39, 0.29) is 11.6 Å². The van der Waals surface area contributed by atoms with Crippen molar-refractivity contribution in [2.45, 2.75) is 6.18 Å². The molecule has 1 aromatic heterocycles. The molecule has 0 radical (unpaired) electrons. The van der Waals surface area contributed by atoms with E-state index in [1.807, 2.05) is 22.6 Å². The van der Waals surface area contributed by atoms with Gasteiger partial charge in [-0.25, -0.2) is 14.4 Å². The molecule has 0 amide bonds. The number of hydrogen-bond acceptors (Lipinski definition) is 3. The molecule has 0 unspecified atom stereocenters. The van der Waals surface area contributed by atoms with Gasteiger partial charge in [-0.2, -0.15) is 13.2 Å². The van der Waals surface area contributed by atoms with Crippen molar-refractivity contribution in [3.05, 3.63) is 45.7 Å². The Hall–Kier alpha value is -1.45. The standard InChI is InChI=1S/C11H5F4IN2O/c12-8-2-1-6(3-7(8)11(13,14)15)19-10-9(16)4-17-5-18-10/h1-5H. The summed E-state index contributed by atoms with van der Waals surface area (Å²) in [5.41, 5.74) is -1.38. The smallest absolute Gasteiger partial charge is 0.419 e. The van der Waals surface area contributed by atoms with E-state index in [9.17, 15) is 17.6 Å². The predicted octanol–water partition coefficient (Wildman–Crippen LogP) is 4.03. The van der Waals surface area contributed by atoms with Crippen LogP contribution < -0.4 is 4.74 Å². The summed E-state index contributed by atoms with van der Waals surface area (Å²) in [5.74, 6) is -1.39. The minimum atomic E-state index is -4.78. The zero-order valence-corrected chi connectivity index (χ0v) is 11.2. The lowest BCUT2D eigenvalue weighted by atomic mass is 10.2. The molecule has 0 saturated heterocycles. The molecule has 0 fully saturated rings. The molecule has 0 bridgehead atoms. The fourth-order valence-electron chi connectivity index (χ4n) is 1.27. The second-order valence-corrected chi connectivity index (χ2v) is 4.58. The van der Waals surface area contributed by atoms with Gasteiger partial charge >= 0.3 is 6.18 Å². The Labute approximate surface area is 118 Å². The van der Waals surface area contributed by atoms with Crippen LogP contribution in [0.3, 0.4) is 0 Å². The van der Waals surface area contributed by atoms with E-state index in [0.717, 1.165) is 6.07 Å². The van der Waals surface area contributed by atoms with Crippen molar-refractivity contribution in [1.82, 2.24) is 9.97 Å². The average molecular weight is 384 g/mol. The molecule has 0 N–H and O–H groups in total. The maximum atomic E-state index is 13.1. The van der Waals surface area contributed by atoms with Crippen LogP contribution in [0.4, 0.5) is 17.6 Å². The van der Waals surface area contributed by atoms with Gasteiger partial charge < -0.3 is 4.74 Å². The average Bonchev–Trinajstić information content (AvgIpc) is 2.33. The third-order valence-corrected chi connectivity index (χ3v) is 2.83. The van der Waals surface area contributed by atoms with Gasteiger partial charge in [-0.05, 0) is 40.8 Å². The van der Waals surface area contributed by atoms with Gasteiger partial charge in [0.15, 0.2) is 0 Å². The number of halogens is 5. The number of nitrogens with zero attached hydrogens (tertiary/aromatic N) is 2. The van der Waals surface area contributed by atoms with Crippen LogP contribution in [0.2, 0.25) is 0 Å². The largest absolute Gasteiger partial charge is 0.438 e. The fraction of sp³-hybridized carbons (Fsp3) is 0.0909. The predicted molar refractivity (Wildman–Crippen MR) is 66.2 cm³/mol. The first-order valence-electron chi connectivity index (χ1n) is 4.88. The number of rotatable bonds is 2. The molecule has 0 atom stereocenters. The Balaban J connectivity index is 2.35. The Morgan fingerprint density at radius 2 is 1.95 bits per heavy atom. The Bertz CT molecular complexity index is 603. The lowest BCUT2D eigenvalue weighted by molar-refractivity contribution is -0.140. The van der Waals surface area contributed by atoms with E-state index < -0.39 is 17.6 Å². The highest BCUT2D eigenvalue weighted by Crippen LogP contribution is 2.34. The number of hydrogen-bond donors (Lipinski definition) is 0. The van der Waals surface area contributed by atoms with Crippen LogP contribution in [-0.4, -0.2) is 9.97 Å². The zero-order valence-electron chi connectivity index (χ0n) is 9.08. The Morgan fingerprint density at radius 3 is 2.58 bits per heavy atom. The monoisotopic (exact) mass is 384 g/mol. The van der Waals surface area contributed by atoms with Gasteiger partial charge in [0.25, 0.3) is 0 Å². The summed E-state index contributed by atoms with van der Waals surface area (Å²) < 4.78 is 56.4.